The first-order valence-electron chi connectivity index (χ1n) is 14.1. The summed E-state index contributed by atoms with van der Waals surface area (Å²) >= 11 is 0. The average Bonchev–Trinajstić information content (AvgIpc) is 2.72. The van der Waals surface area contributed by atoms with Crippen molar-refractivity contribution in [2.75, 3.05) is 6.61 Å². The van der Waals surface area contributed by atoms with Crippen LogP contribution < -0.4 is 0 Å². The maximum Gasteiger partial charge on any atom is 0.0594 e. The van der Waals surface area contributed by atoms with Gasteiger partial charge in [0.25, 0.3) is 0 Å². The molecule has 0 aromatic carbocycles. The van der Waals surface area contributed by atoms with Crippen molar-refractivity contribution in [2.45, 2.75) is 125 Å². The Bertz CT molecular complexity index is 789. The molecule has 5 aliphatic carbocycles. The molecule has 1 unspecified atom stereocenters. The summed E-state index contributed by atoms with van der Waals surface area (Å²) in [5, 5.41) is 33.6. The van der Waals surface area contributed by atoms with Crippen molar-refractivity contribution in [1.82, 2.24) is 0 Å². The van der Waals surface area contributed by atoms with Gasteiger partial charge in [-0.15, -0.1) is 0 Å². The molecule has 5 fully saturated rings. The van der Waals surface area contributed by atoms with E-state index in [1.165, 1.54) is 19.3 Å². The summed E-state index contributed by atoms with van der Waals surface area (Å²) in [6.07, 6.45) is 10.6. The summed E-state index contributed by atoms with van der Waals surface area (Å²) in [5.41, 5.74) is 0.767. The van der Waals surface area contributed by atoms with Gasteiger partial charge in [0.1, 0.15) is 0 Å². The van der Waals surface area contributed by atoms with Gasteiger partial charge >= 0.3 is 0 Å². The first-order chi connectivity index (χ1) is 15.2. The van der Waals surface area contributed by atoms with Crippen LogP contribution in [-0.2, 0) is 0 Å². The number of aliphatic hydroxyl groups excluding tert-OH is 3. The van der Waals surface area contributed by atoms with Crippen LogP contribution in [0.15, 0.2) is 0 Å². The van der Waals surface area contributed by atoms with Crippen molar-refractivity contribution in [3.05, 3.63) is 0 Å². The van der Waals surface area contributed by atoms with Gasteiger partial charge in [0.15, 0.2) is 0 Å². The van der Waals surface area contributed by atoms with E-state index in [-0.39, 0.29) is 39.3 Å². The predicted octanol–water partition coefficient (Wildman–Crippen LogP) is 6.19. The van der Waals surface area contributed by atoms with E-state index in [1.807, 2.05) is 0 Å². The molecule has 0 heterocycles. The average molecular weight is 461 g/mol. The Balaban J connectivity index is 1.57. The quantitative estimate of drug-likeness (QED) is 0.437. The van der Waals surface area contributed by atoms with Crippen LogP contribution in [0.3, 0.4) is 0 Å². The van der Waals surface area contributed by atoms with Crippen molar-refractivity contribution in [1.29, 1.82) is 0 Å². The lowest BCUT2D eigenvalue weighted by atomic mass is 9.31. The Morgan fingerprint density at radius 2 is 1.39 bits per heavy atom. The monoisotopic (exact) mass is 460 g/mol. The zero-order chi connectivity index (χ0) is 24.2. The highest BCUT2D eigenvalue weighted by Gasteiger charge is 2.71. The van der Waals surface area contributed by atoms with E-state index >= 15 is 0 Å². The van der Waals surface area contributed by atoms with E-state index in [9.17, 15) is 15.3 Å². The largest absolute Gasteiger partial charge is 0.396 e. The summed E-state index contributed by atoms with van der Waals surface area (Å²) < 4.78 is 0. The van der Waals surface area contributed by atoms with Gasteiger partial charge in [0, 0.05) is 6.61 Å². The summed E-state index contributed by atoms with van der Waals surface area (Å²) in [4.78, 5) is 0. The first-order valence-corrected chi connectivity index (χ1v) is 14.1. The second-order valence-electron chi connectivity index (χ2n) is 15.7. The molecule has 0 radical (unpaired) electrons. The molecule has 3 N–H and O–H groups in total. The van der Waals surface area contributed by atoms with Crippen molar-refractivity contribution < 1.29 is 15.3 Å². The Hall–Kier alpha value is -0.120. The predicted molar refractivity (Wildman–Crippen MR) is 134 cm³/mol. The molecule has 3 nitrogen and oxygen atoms in total. The van der Waals surface area contributed by atoms with Gasteiger partial charge in [-0.3, -0.25) is 0 Å². The zero-order valence-electron chi connectivity index (χ0n) is 22.6. The van der Waals surface area contributed by atoms with Gasteiger partial charge in [-0.1, -0.05) is 48.5 Å². The second kappa shape index (κ2) is 7.22. The van der Waals surface area contributed by atoms with E-state index in [1.54, 1.807) is 0 Å². The molecule has 33 heavy (non-hydrogen) atoms. The lowest BCUT2D eigenvalue weighted by Gasteiger charge is -2.74. The van der Waals surface area contributed by atoms with E-state index in [0.717, 1.165) is 44.9 Å². The number of aliphatic hydroxyl groups is 3. The van der Waals surface area contributed by atoms with E-state index in [0.29, 0.717) is 35.7 Å². The number of fused-ring (bicyclic) bond motifs is 7. The molecular weight excluding hydrogens is 408 g/mol. The highest BCUT2D eigenvalue weighted by Crippen LogP contribution is 2.76. The smallest absolute Gasteiger partial charge is 0.0594 e. The van der Waals surface area contributed by atoms with Gasteiger partial charge < -0.3 is 15.3 Å². The summed E-state index contributed by atoms with van der Waals surface area (Å²) in [6.45, 7) is 17.4. The number of rotatable bonds is 1. The lowest BCUT2D eigenvalue weighted by molar-refractivity contribution is -0.281. The molecule has 3 heteroatoms. The maximum atomic E-state index is 12.0. The molecule has 0 aromatic heterocycles. The van der Waals surface area contributed by atoms with Gasteiger partial charge in [-0.25, -0.2) is 0 Å². The summed E-state index contributed by atoms with van der Waals surface area (Å²) in [5.74, 6) is 1.74. The van der Waals surface area contributed by atoms with E-state index in [4.69, 9.17) is 0 Å². The molecule has 0 aromatic rings. The summed E-state index contributed by atoms with van der Waals surface area (Å²) in [6, 6.07) is 0. The van der Waals surface area contributed by atoms with Crippen molar-refractivity contribution in [3.8, 4) is 0 Å². The molecule has 0 aliphatic heterocycles. The zero-order valence-corrected chi connectivity index (χ0v) is 22.6. The van der Waals surface area contributed by atoms with Crippen LogP contribution in [0.4, 0.5) is 0 Å². The fraction of sp³-hybridized carbons (Fsp3) is 1.00. The molecule has 0 saturated heterocycles. The Labute approximate surface area is 203 Å². The number of hydrogen-bond donors (Lipinski definition) is 3. The van der Waals surface area contributed by atoms with Crippen LogP contribution in [0.25, 0.3) is 0 Å². The third-order valence-corrected chi connectivity index (χ3v) is 13.7. The van der Waals surface area contributed by atoms with Crippen LogP contribution in [0.2, 0.25) is 0 Å². The topological polar surface area (TPSA) is 60.7 Å². The molecule has 0 spiro atoms. The van der Waals surface area contributed by atoms with Gasteiger partial charge in [0.2, 0.25) is 0 Å². The van der Waals surface area contributed by atoms with Crippen LogP contribution in [0, 0.1) is 56.2 Å². The van der Waals surface area contributed by atoms with Gasteiger partial charge in [-0.2, -0.15) is 0 Å². The normalized spacial score (nSPS) is 57.3. The Kier molecular flexibility index (Phi) is 5.38. The third kappa shape index (κ3) is 3.03. The Morgan fingerprint density at radius 3 is 2.06 bits per heavy atom. The van der Waals surface area contributed by atoms with Crippen LogP contribution in [-0.4, -0.2) is 34.1 Å². The SMILES string of the molecule is CC1(C)CC[C@]2(CO)CC[C@]3(C)C([C@H](O)C[C@@H]4[C@@]5(C)CC[C@H](O)C(C)(C)[C@@H]5CC[C@]43C)[C@@H]2C1. The van der Waals surface area contributed by atoms with Crippen molar-refractivity contribution in [3.63, 3.8) is 0 Å². The highest BCUT2D eigenvalue weighted by molar-refractivity contribution is 5.20. The van der Waals surface area contributed by atoms with Crippen molar-refractivity contribution >= 4 is 0 Å². The van der Waals surface area contributed by atoms with Crippen molar-refractivity contribution in [2.24, 2.45) is 56.2 Å². The molecular formula is C30H52O3. The molecule has 5 rings (SSSR count). The molecule has 5 aliphatic rings. The first kappa shape index (κ1) is 24.6. The third-order valence-electron chi connectivity index (χ3n) is 13.7. The minimum Gasteiger partial charge on any atom is -0.396 e. The highest BCUT2D eigenvalue weighted by atomic mass is 16.3. The molecule has 10 atom stereocenters. The van der Waals surface area contributed by atoms with Crippen LogP contribution >= 0.6 is 0 Å². The standard InChI is InChI=1S/C30H52O3/c1-25(2)12-14-30(18-31)15-13-29(7)24(19(30)17-25)20(32)16-22-27(5)10-9-23(33)26(3,4)21(27)8-11-28(22,29)6/h19-24,31-33H,8-18H2,1-7H3/t19-,20+,21-,22+,23-,24?,27-,28+,29+,30+/m0/s1. The molecule has 5 saturated carbocycles. The molecule has 190 valence electrons. The van der Waals surface area contributed by atoms with Crippen LogP contribution in [0.5, 0.6) is 0 Å². The van der Waals surface area contributed by atoms with Gasteiger partial charge in [0.05, 0.1) is 12.2 Å². The fourth-order valence-corrected chi connectivity index (χ4v) is 11.4. The molecule has 0 amide bonds. The van der Waals surface area contributed by atoms with E-state index in [2.05, 4.69) is 48.5 Å². The van der Waals surface area contributed by atoms with Gasteiger partial charge in [-0.05, 0) is 120 Å². The van der Waals surface area contributed by atoms with Crippen LogP contribution in [0.1, 0.15) is 113 Å². The Morgan fingerprint density at radius 1 is 0.727 bits per heavy atom. The number of hydrogen-bond acceptors (Lipinski definition) is 3. The maximum absolute atomic E-state index is 12.0. The minimum absolute atomic E-state index is 0.0158. The summed E-state index contributed by atoms with van der Waals surface area (Å²) in [7, 11) is 0. The minimum atomic E-state index is -0.274. The van der Waals surface area contributed by atoms with E-state index < -0.39 is 0 Å². The second-order valence-corrected chi connectivity index (χ2v) is 15.7. The molecule has 0 bridgehead atoms. The lowest BCUT2D eigenvalue weighted by Crippen LogP contribution is -2.70. The fourth-order valence-electron chi connectivity index (χ4n) is 11.4.